The van der Waals surface area contributed by atoms with Crippen LogP contribution in [0.2, 0.25) is 0 Å². The normalized spacial score (nSPS) is 18.4. The molecule has 1 aliphatic heterocycles. The number of hydrogen-bond acceptors (Lipinski definition) is 6. The number of amides is 2. The fraction of sp³-hybridized carbons (Fsp3) is 0.429. The molecule has 3 aromatic rings. The fourth-order valence-corrected chi connectivity index (χ4v) is 6.12. The Morgan fingerprint density at radius 2 is 1.97 bits per heavy atom. The largest absolute Gasteiger partial charge is 0.618 e. The van der Waals surface area contributed by atoms with E-state index in [9.17, 15) is 14.8 Å². The molecule has 1 aromatic carbocycles. The number of aromatic nitrogens is 2. The SMILES string of the molecule is COc1ccc(C2CCCCC2)cc1-c1csc(NC(=O)C2CCCN(C(=O)c3cccc[n+]3[O-])C2)n1. The first-order chi connectivity index (χ1) is 18.0. The van der Waals surface area contributed by atoms with Gasteiger partial charge < -0.3 is 20.2 Å². The maximum Gasteiger partial charge on any atom is 0.319 e. The highest BCUT2D eigenvalue weighted by Crippen LogP contribution is 2.38. The molecule has 1 unspecified atom stereocenters. The van der Waals surface area contributed by atoms with Crippen molar-refractivity contribution in [2.75, 3.05) is 25.5 Å². The van der Waals surface area contributed by atoms with Gasteiger partial charge in [-0.15, -0.1) is 11.3 Å². The van der Waals surface area contributed by atoms with E-state index in [-0.39, 0.29) is 30.0 Å². The fourth-order valence-electron chi connectivity index (χ4n) is 5.41. The number of pyridine rings is 1. The van der Waals surface area contributed by atoms with Crippen LogP contribution in [0.3, 0.4) is 0 Å². The van der Waals surface area contributed by atoms with Crippen LogP contribution in [0.25, 0.3) is 11.3 Å². The molecule has 3 heterocycles. The molecule has 1 atom stereocenters. The third kappa shape index (κ3) is 5.61. The molecule has 2 aliphatic rings. The van der Waals surface area contributed by atoms with Gasteiger partial charge >= 0.3 is 5.91 Å². The summed E-state index contributed by atoms with van der Waals surface area (Å²) in [7, 11) is 1.66. The Morgan fingerprint density at radius 1 is 1.14 bits per heavy atom. The van der Waals surface area contributed by atoms with Crippen LogP contribution in [0.15, 0.2) is 48.0 Å². The number of thiazole rings is 1. The van der Waals surface area contributed by atoms with Gasteiger partial charge in [-0.05, 0) is 55.4 Å². The molecule has 194 valence electrons. The molecule has 2 fully saturated rings. The van der Waals surface area contributed by atoms with Gasteiger partial charge in [-0.1, -0.05) is 25.3 Å². The molecule has 5 rings (SSSR count). The van der Waals surface area contributed by atoms with Crippen molar-refractivity contribution in [2.45, 2.75) is 50.9 Å². The highest BCUT2D eigenvalue weighted by Gasteiger charge is 2.32. The molecule has 0 bridgehead atoms. The number of benzene rings is 1. The van der Waals surface area contributed by atoms with E-state index < -0.39 is 0 Å². The van der Waals surface area contributed by atoms with E-state index in [1.165, 1.54) is 61.3 Å². The summed E-state index contributed by atoms with van der Waals surface area (Å²) < 4.78 is 6.19. The lowest BCUT2D eigenvalue weighted by molar-refractivity contribution is -0.608. The quantitative estimate of drug-likeness (QED) is 0.365. The minimum Gasteiger partial charge on any atom is -0.618 e. The van der Waals surface area contributed by atoms with Crippen molar-refractivity contribution in [3.8, 4) is 17.0 Å². The summed E-state index contributed by atoms with van der Waals surface area (Å²) in [6.07, 6.45) is 8.96. The van der Waals surface area contributed by atoms with Gasteiger partial charge in [0, 0.05) is 36.2 Å². The van der Waals surface area contributed by atoms with Crippen molar-refractivity contribution in [3.05, 3.63) is 64.4 Å². The minimum atomic E-state index is -0.363. The maximum absolute atomic E-state index is 13.1. The average Bonchev–Trinajstić information content (AvgIpc) is 3.41. The average molecular weight is 521 g/mol. The lowest BCUT2D eigenvalue weighted by Crippen LogP contribution is -2.47. The second-order valence-corrected chi connectivity index (χ2v) is 10.7. The standard InChI is InChI=1S/C28H32N4O4S/c1-36-25-13-12-20(19-8-3-2-4-9-19)16-22(25)23-18-37-28(29-23)30-26(33)21-10-7-14-31(17-21)27(34)24-11-5-6-15-32(24)35/h5-6,11-13,15-16,18-19,21H,2-4,7-10,14,17H2,1H3,(H,29,30,33). The van der Waals surface area contributed by atoms with Crippen LogP contribution >= 0.6 is 11.3 Å². The number of piperidine rings is 1. The van der Waals surface area contributed by atoms with Gasteiger partial charge in [-0.25, -0.2) is 4.98 Å². The summed E-state index contributed by atoms with van der Waals surface area (Å²) in [6, 6.07) is 11.1. The van der Waals surface area contributed by atoms with Crippen LogP contribution in [0.5, 0.6) is 5.75 Å². The van der Waals surface area contributed by atoms with Gasteiger partial charge in [0.2, 0.25) is 5.91 Å². The Hall–Kier alpha value is -3.46. The van der Waals surface area contributed by atoms with Crippen molar-refractivity contribution >= 4 is 28.3 Å². The van der Waals surface area contributed by atoms with E-state index >= 15 is 0 Å². The molecule has 2 amide bonds. The number of anilines is 1. The molecular weight excluding hydrogens is 488 g/mol. The molecule has 0 spiro atoms. The van der Waals surface area contributed by atoms with Crippen molar-refractivity contribution in [1.82, 2.24) is 9.88 Å². The molecule has 2 aromatic heterocycles. The molecule has 1 N–H and O–H groups in total. The van der Waals surface area contributed by atoms with E-state index in [0.717, 1.165) is 17.0 Å². The lowest BCUT2D eigenvalue weighted by Gasteiger charge is -2.31. The Labute approximate surface area is 220 Å². The Bertz CT molecular complexity index is 1270. The van der Waals surface area contributed by atoms with Crippen LogP contribution < -0.4 is 14.8 Å². The Morgan fingerprint density at radius 3 is 2.76 bits per heavy atom. The number of carbonyl (C=O) groups is 2. The van der Waals surface area contributed by atoms with Crippen molar-refractivity contribution in [2.24, 2.45) is 5.92 Å². The van der Waals surface area contributed by atoms with Gasteiger partial charge in [0.25, 0.3) is 5.69 Å². The summed E-state index contributed by atoms with van der Waals surface area (Å²) in [5, 5.41) is 17.4. The second kappa shape index (κ2) is 11.3. The van der Waals surface area contributed by atoms with Crippen LogP contribution in [0.1, 0.15) is 66.9 Å². The van der Waals surface area contributed by atoms with Crippen molar-refractivity contribution in [3.63, 3.8) is 0 Å². The zero-order valence-electron chi connectivity index (χ0n) is 21.0. The van der Waals surface area contributed by atoms with Crippen LogP contribution in [0.4, 0.5) is 5.13 Å². The summed E-state index contributed by atoms with van der Waals surface area (Å²) >= 11 is 1.38. The topological polar surface area (TPSA) is 98.5 Å². The van der Waals surface area contributed by atoms with Crippen molar-refractivity contribution in [1.29, 1.82) is 0 Å². The van der Waals surface area contributed by atoms with E-state index in [1.54, 1.807) is 24.1 Å². The molecule has 9 heteroatoms. The van der Waals surface area contributed by atoms with E-state index in [2.05, 4.69) is 17.4 Å². The van der Waals surface area contributed by atoms with E-state index in [1.807, 2.05) is 11.4 Å². The summed E-state index contributed by atoms with van der Waals surface area (Å²) in [5.41, 5.74) is 3.10. The Balaban J connectivity index is 1.27. The summed E-state index contributed by atoms with van der Waals surface area (Å²) in [4.78, 5) is 32.2. The Kier molecular flexibility index (Phi) is 7.69. The number of methoxy groups -OCH3 is 1. The molecular formula is C28H32N4O4S. The lowest BCUT2D eigenvalue weighted by atomic mass is 9.83. The maximum atomic E-state index is 13.1. The zero-order chi connectivity index (χ0) is 25.8. The number of rotatable bonds is 6. The van der Waals surface area contributed by atoms with Crippen LogP contribution in [-0.4, -0.2) is 41.9 Å². The molecule has 8 nitrogen and oxygen atoms in total. The second-order valence-electron chi connectivity index (χ2n) is 9.82. The first-order valence-electron chi connectivity index (χ1n) is 13.0. The smallest absolute Gasteiger partial charge is 0.319 e. The highest BCUT2D eigenvalue weighted by molar-refractivity contribution is 7.14. The zero-order valence-corrected chi connectivity index (χ0v) is 21.8. The van der Waals surface area contributed by atoms with Gasteiger partial charge in [0.1, 0.15) is 5.75 Å². The number of likely N-dealkylation sites (tertiary alicyclic amines) is 1. The summed E-state index contributed by atoms with van der Waals surface area (Å²) in [5.74, 6) is 0.456. The first kappa shape index (κ1) is 25.2. The number of ether oxygens (including phenoxy) is 1. The predicted molar refractivity (Wildman–Crippen MR) is 143 cm³/mol. The van der Waals surface area contributed by atoms with Crippen LogP contribution in [-0.2, 0) is 4.79 Å². The van der Waals surface area contributed by atoms with Crippen LogP contribution in [0, 0.1) is 11.1 Å². The van der Waals surface area contributed by atoms with Gasteiger partial charge in [0.05, 0.1) is 18.7 Å². The van der Waals surface area contributed by atoms with Gasteiger partial charge in [-0.2, -0.15) is 4.73 Å². The van der Waals surface area contributed by atoms with Crippen molar-refractivity contribution < 1.29 is 19.1 Å². The highest BCUT2D eigenvalue weighted by atomic mass is 32.1. The third-order valence-corrected chi connectivity index (χ3v) is 8.19. The molecule has 37 heavy (non-hydrogen) atoms. The predicted octanol–water partition coefficient (Wildman–Crippen LogP) is 4.99. The number of carbonyl (C=O) groups excluding carboxylic acids is 2. The minimum absolute atomic E-state index is 0.0672. The first-order valence-corrected chi connectivity index (χ1v) is 13.8. The van der Waals surface area contributed by atoms with E-state index in [0.29, 0.717) is 35.2 Å². The van der Waals surface area contributed by atoms with Gasteiger partial charge in [0.15, 0.2) is 11.3 Å². The summed E-state index contributed by atoms with van der Waals surface area (Å²) in [6.45, 7) is 0.797. The molecule has 1 saturated heterocycles. The van der Waals surface area contributed by atoms with E-state index in [4.69, 9.17) is 9.72 Å². The monoisotopic (exact) mass is 520 g/mol. The van der Waals surface area contributed by atoms with Gasteiger partial charge in [-0.3, -0.25) is 9.59 Å². The molecule has 1 aliphatic carbocycles. The number of nitrogens with one attached hydrogen (secondary N) is 1. The number of hydrogen-bond donors (Lipinski definition) is 1. The number of nitrogens with zero attached hydrogens (tertiary/aromatic N) is 3. The third-order valence-electron chi connectivity index (χ3n) is 7.43. The molecule has 1 saturated carbocycles. The molecule has 0 radical (unpaired) electrons.